The van der Waals surface area contributed by atoms with Crippen LogP contribution in [0.15, 0.2) is 23.0 Å². The highest BCUT2D eigenvalue weighted by atomic mass is 16.5. The van der Waals surface area contributed by atoms with Gasteiger partial charge in [-0.05, 0) is 12.1 Å². The second-order valence-corrected chi connectivity index (χ2v) is 5.43. The Hall–Kier alpha value is -1.84. The summed E-state index contributed by atoms with van der Waals surface area (Å²) in [5.41, 5.74) is 1.85. The molecule has 0 unspecified atom stereocenters. The largest absolute Gasteiger partial charge is 0.497 e. The van der Waals surface area contributed by atoms with Gasteiger partial charge in [0.2, 0.25) is 0 Å². The van der Waals surface area contributed by atoms with E-state index in [9.17, 15) is 4.79 Å². The zero-order valence-electron chi connectivity index (χ0n) is 11.4. The van der Waals surface area contributed by atoms with Crippen LogP contribution in [0.3, 0.4) is 0 Å². The quantitative estimate of drug-likeness (QED) is 0.775. The zero-order valence-corrected chi connectivity index (χ0v) is 11.4. The second kappa shape index (κ2) is 4.12. The highest BCUT2D eigenvalue weighted by Gasteiger charge is 2.21. The zero-order chi connectivity index (χ0) is 13.5. The maximum absolute atomic E-state index is 12.3. The Labute approximate surface area is 106 Å². The van der Waals surface area contributed by atoms with Crippen LogP contribution in [0.4, 0.5) is 0 Å². The van der Waals surface area contributed by atoms with Crippen molar-refractivity contribution in [2.75, 3.05) is 7.11 Å². The minimum Gasteiger partial charge on any atom is -0.497 e. The van der Waals surface area contributed by atoms with Crippen molar-refractivity contribution in [3.8, 4) is 5.75 Å². The van der Waals surface area contributed by atoms with Gasteiger partial charge in [-0.1, -0.05) is 20.8 Å². The maximum Gasteiger partial charge on any atom is 0.273 e. The van der Waals surface area contributed by atoms with Crippen LogP contribution in [-0.2, 0) is 12.5 Å². The van der Waals surface area contributed by atoms with Crippen LogP contribution in [0.5, 0.6) is 5.75 Å². The van der Waals surface area contributed by atoms with E-state index in [0.29, 0.717) is 5.69 Å². The molecule has 1 aromatic heterocycles. The number of hydrogen-bond donors (Lipinski definition) is 0. The second-order valence-electron chi connectivity index (χ2n) is 5.43. The van der Waals surface area contributed by atoms with Gasteiger partial charge >= 0.3 is 0 Å². The van der Waals surface area contributed by atoms with Crippen molar-refractivity contribution >= 4 is 11.0 Å². The van der Waals surface area contributed by atoms with Crippen LogP contribution >= 0.6 is 0 Å². The van der Waals surface area contributed by atoms with E-state index in [2.05, 4.69) is 4.98 Å². The van der Waals surface area contributed by atoms with Crippen molar-refractivity contribution in [3.63, 3.8) is 0 Å². The molecule has 0 aliphatic heterocycles. The molecule has 1 aromatic carbocycles. The third-order valence-electron chi connectivity index (χ3n) is 2.99. The first-order valence-electron chi connectivity index (χ1n) is 5.90. The number of benzene rings is 1. The van der Waals surface area contributed by atoms with Crippen molar-refractivity contribution in [3.05, 3.63) is 34.2 Å². The lowest BCUT2D eigenvalue weighted by Crippen LogP contribution is -2.31. The first-order chi connectivity index (χ1) is 8.34. The molecule has 1 heterocycles. The fourth-order valence-corrected chi connectivity index (χ4v) is 1.93. The number of nitrogens with zero attached hydrogens (tertiary/aromatic N) is 2. The van der Waals surface area contributed by atoms with Crippen molar-refractivity contribution in [2.24, 2.45) is 7.05 Å². The summed E-state index contributed by atoms with van der Waals surface area (Å²) in [4.78, 5) is 16.8. The van der Waals surface area contributed by atoms with Gasteiger partial charge in [0.25, 0.3) is 5.56 Å². The Kier molecular flexibility index (Phi) is 2.89. The smallest absolute Gasteiger partial charge is 0.273 e. The van der Waals surface area contributed by atoms with E-state index >= 15 is 0 Å². The van der Waals surface area contributed by atoms with E-state index in [4.69, 9.17) is 4.74 Å². The topological polar surface area (TPSA) is 44.1 Å². The predicted molar refractivity (Wildman–Crippen MR) is 72.2 cm³/mol. The number of rotatable bonds is 1. The number of methoxy groups -OCH3 is 1. The lowest BCUT2D eigenvalue weighted by atomic mass is 9.92. The molecule has 0 aliphatic carbocycles. The normalized spacial score (nSPS) is 11.8. The summed E-state index contributed by atoms with van der Waals surface area (Å²) in [5.74, 6) is 0.744. The molecule has 0 N–H and O–H groups in total. The van der Waals surface area contributed by atoms with Gasteiger partial charge in [-0.3, -0.25) is 4.79 Å². The van der Waals surface area contributed by atoms with Crippen molar-refractivity contribution in [2.45, 2.75) is 26.2 Å². The van der Waals surface area contributed by atoms with E-state index < -0.39 is 0 Å². The molecule has 0 spiro atoms. The van der Waals surface area contributed by atoms with Crippen LogP contribution in [-0.4, -0.2) is 16.7 Å². The average molecular weight is 246 g/mol. The third-order valence-corrected chi connectivity index (χ3v) is 2.99. The molecule has 0 radical (unpaired) electrons. The molecule has 2 rings (SSSR count). The number of ether oxygens (including phenoxy) is 1. The van der Waals surface area contributed by atoms with Crippen molar-refractivity contribution in [1.29, 1.82) is 0 Å². The molecular weight excluding hydrogens is 228 g/mol. The van der Waals surface area contributed by atoms with Crippen LogP contribution in [0, 0.1) is 0 Å². The Morgan fingerprint density at radius 1 is 1.28 bits per heavy atom. The van der Waals surface area contributed by atoms with Crippen molar-refractivity contribution < 1.29 is 4.74 Å². The minimum absolute atomic E-state index is 0.0415. The summed E-state index contributed by atoms with van der Waals surface area (Å²) in [6, 6.07) is 5.54. The lowest BCUT2D eigenvalue weighted by molar-refractivity contribution is 0.415. The molecule has 0 aliphatic rings. The Balaban J connectivity index is 2.84. The molecule has 96 valence electrons. The van der Waals surface area contributed by atoms with Gasteiger partial charge in [0.1, 0.15) is 11.4 Å². The molecule has 0 saturated carbocycles. The summed E-state index contributed by atoms with van der Waals surface area (Å²) in [7, 11) is 3.39. The Bertz CT molecular complexity index is 651. The predicted octanol–water partition coefficient (Wildman–Crippen LogP) is 2.24. The summed E-state index contributed by atoms with van der Waals surface area (Å²) in [6.45, 7) is 5.97. The average Bonchev–Trinajstić information content (AvgIpc) is 2.31. The standard InChI is InChI=1S/C14H18N2O2/c1-14(2,3)12-13(17)16(4)11-7-6-9(18-5)8-10(11)15-12/h6-8H,1-5H3. The Morgan fingerprint density at radius 3 is 2.50 bits per heavy atom. The Morgan fingerprint density at radius 2 is 1.94 bits per heavy atom. The molecule has 0 saturated heterocycles. The lowest BCUT2D eigenvalue weighted by Gasteiger charge is -2.18. The molecular formula is C14H18N2O2. The molecule has 0 bridgehead atoms. The molecule has 2 aromatic rings. The van der Waals surface area contributed by atoms with E-state index in [1.807, 2.05) is 39.0 Å². The van der Waals surface area contributed by atoms with Gasteiger partial charge in [-0.15, -0.1) is 0 Å². The molecule has 0 amide bonds. The van der Waals surface area contributed by atoms with Crippen LogP contribution in [0.25, 0.3) is 11.0 Å². The number of fused-ring (bicyclic) bond motifs is 1. The van der Waals surface area contributed by atoms with Gasteiger partial charge in [0, 0.05) is 18.5 Å². The van der Waals surface area contributed by atoms with Crippen LogP contribution in [0.1, 0.15) is 26.5 Å². The summed E-state index contributed by atoms with van der Waals surface area (Å²) >= 11 is 0. The molecule has 0 atom stereocenters. The highest BCUT2D eigenvalue weighted by Crippen LogP contribution is 2.22. The number of aryl methyl sites for hydroxylation is 1. The fraction of sp³-hybridized carbons (Fsp3) is 0.429. The molecule has 4 nitrogen and oxygen atoms in total. The van der Waals surface area contributed by atoms with Crippen LogP contribution < -0.4 is 10.3 Å². The molecule has 18 heavy (non-hydrogen) atoms. The van der Waals surface area contributed by atoms with E-state index in [1.54, 1.807) is 18.7 Å². The first kappa shape index (κ1) is 12.6. The summed E-state index contributed by atoms with van der Waals surface area (Å²) in [6.07, 6.45) is 0. The minimum atomic E-state index is -0.272. The summed E-state index contributed by atoms with van der Waals surface area (Å²) < 4.78 is 6.83. The van der Waals surface area contributed by atoms with Gasteiger partial charge in [0.05, 0.1) is 18.1 Å². The third kappa shape index (κ3) is 1.98. The highest BCUT2D eigenvalue weighted by molar-refractivity contribution is 5.76. The van der Waals surface area contributed by atoms with Crippen molar-refractivity contribution in [1.82, 2.24) is 9.55 Å². The molecule has 0 fully saturated rings. The van der Waals surface area contributed by atoms with Gasteiger partial charge < -0.3 is 9.30 Å². The van der Waals surface area contributed by atoms with Crippen LogP contribution in [0.2, 0.25) is 0 Å². The van der Waals surface area contributed by atoms with Gasteiger partial charge in [-0.2, -0.15) is 0 Å². The van der Waals surface area contributed by atoms with Gasteiger partial charge in [-0.25, -0.2) is 4.98 Å². The monoisotopic (exact) mass is 246 g/mol. The summed E-state index contributed by atoms with van der Waals surface area (Å²) in [5, 5.41) is 0. The van der Waals surface area contributed by atoms with E-state index in [-0.39, 0.29) is 11.0 Å². The van der Waals surface area contributed by atoms with E-state index in [0.717, 1.165) is 16.8 Å². The maximum atomic E-state index is 12.3. The molecule has 4 heteroatoms. The fourth-order valence-electron chi connectivity index (χ4n) is 1.93. The number of hydrogen-bond acceptors (Lipinski definition) is 3. The van der Waals surface area contributed by atoms with Gasteiger partial charge in [0.15, 0.2) is 0 Å². The van der Waals surface area contributed by atoms with E-state index in [1.165, 1.54) is 0 Å². The SMILES string of the molecule is COc1ccc2c(c1)nc(C(C)(C)C)c(=O)n2C. The number of aromatic nitrogens is 2. The first-order valence-corrected chi connectivity index (χ1v) is 5.90.